The maximum absolute atomic E-state index is 12.6. The first-order valence-corrected chi connectivity index (χ1v) is 10.1. The van der Waals surface area contributed by atoms with E-state index in [-0.39, 0.29) is 17.9 Å². The zero-order chi connectivity index (χ0) is 21.1. The number of carbonyl (C=O) groups is 2. The number of ketones is 1. The molecule has 0 spiro atoms. The molecule has 2 amide bonds. The molecule has 0 aromatic heterocycles. The van der Waals surface area contributed by atoms with Crippen molar-refractivity contribution in [3.8, 4) is 11.1 Å². The standard InChI is InChI=1S/C25H24N2O3/c1-16(28)17-8-10-18(11-9-17)20-5-2-6-21(14-20)26-25(30)27-24-7-3-4-19-12-13-22(29)15-23(19)24/h2-11,14,22,29H,12-13,15H2,1H3,(H2,26,27,30). The average Bonchev–Trinajstić information content (AvgIpc) is 2.74. The molecule has 3 aromatic carbocycles. The van der Waals surface area contributed by atoms with Crippen molar-refractivity contribution in [3.63, 3.8) is 0 Å². The average molecular weight is 400 g/mol. The van der Waals surface area contributed by atoms with Crippen molar-refractivity contribution in [2.24, 2.45) is 0 Å². The number of amides is 2. The maximum atomic E-state index is 12.6. The van der Waals surface area contributed by atoms with Crippen LogP contribution in [-0.2, 0) is 12.8 Å². The molecule has 4 rings (SSSR count). The molecule has 0 bridgehead atoms. The minimum absolute atomic E-state index is 0.0317. The lowest BCUT2D eigenvalue weighted by molar-refractivity contribution is 0.101. The van der Waals surface area contributed by atoms with E-state index in [0.29, 0.717) is 17.7 Å². The first kappa shape index (κ1) is 19.9. The third-order valence-electron chi connectivity index (χ3n) is 5.45. The molecule has 1 atom stereocenters. The number of hydrogen-bond donors (Lipinski definition) is 3. The largest absolute Gasteiger partial charge is 0.393 e. The molecule has 5 heteroatoms. The molecule has 1 aliphatic rings. The summed E-state index contributed by atoms with van der Waals surface area (Å²) >= 11 is 0. The summed E-state index contributed by atoms with van der Waals surface area (Å²) in [5, 5.41) is 15.8. The molecule has 0 saturated carbocycles. The summed E-state index contributed by atoms with van der Waals surface area (Å²) in [5.74, 6) is 0.0317. The number of nitrogens with one attached hydrogen (secondary N) is 2. The number of urea groups is 1. The van der Waals surface area contributed by atoms with E-state index < -0.39 is 0 Å². The quantitative estimate of drug-likeness (QED) is 0.536. The number of fused-ring (bicyclic) bond motifs is 1. The highest BCUT2D eigenvalue weighted by atomic mass is 16.3. The van der Waals surface area contributed by atoms with Crippen LogP contribution < -0.4 is 10.6 Å². The molecule has 0 fully saturated rings. The number of aliphatic hydroxyl groups excluding tert-OH is 1. The Morgan fingerprint density at radius 3 is 2.47 bits per heavy atom. The number of benzene rings is 3. The number of rotatable bonds is 4. The van der Waals surface area contributed by atoms with Gasteiger partial charge < -0.3 is 15.7 Å². The third kappa shape index (κ3) is 4.42. The normalized spacial score (nSPS) is 15.2. The van der Waals surface area contributed by atoms with Gasteiger partial charge in [-0.1, -0.05) is 48.5 Å². The molecule has 0 aliphatic heterocycles. The summed E-state index contributed by atoms with van der Waals surface area (Å²) in [6.07, 6.45) is 1.76. The van der Waals surface area contributed by atoms with E-state index >= 15 is 0 Å². The number of aliphatic hydroxyl groups is 1. The minimum Gasteiger partial charge on any atom is -0.393 e. The Morgan fingerprint density at radius 1 is 0.933 bits per heavy atom. The summed E-state index contributed by atoms with van der Waals surface area (Å²) in [5.41, 5.74) is 6.17. The molecule has 3 N–H and O–H groups in total. The van der Waals surface area contributed by atoms with E-state index in [9.17, 15) is 14.7 Å². The lowest BCUT2D eigenvalue weighted by Gasteiger charge is -2.23. The molecule has 3 aromatic rings. The predicted molar refractivity (Wildman–Crippen MR) is 119 cm³/mol. The molecular weight excluding hydrogens is 376 g/mol. The second-order valence-corrected chi connectivity index (χ2v) is 7.63. The van der Waals surface area contributed by atoms with Crippen LogP contribution in [0, 0.1) is 0 Å². The van der Waals surface area contributed by atoms with E-state index in [2.05, 4.69) is 10.6 Å². The Hall–Kier alpha value is -3.44. The smallest absolute Gasteiger partial charge is 0.323 e. The Bertz CT molecular complexity index is 1090. The van der Waals surface area contributed by atoms with Gasteiger partial charge in [0.05, 0.1) is 6.10 Å². The van der Waals surface area contributed by atoms with Crippen molar-refractivity contribution < 1.29 is 14.7 Å². The van der Waals surface area contributed by atoms with Crippen molar-refractivity contribution in [2.75, 3.05) is 10.6 Å². The Morgan fingerprint density at radius 2 is 1.70 bits per heavy atom. The zero-order valence-electron chi connectivity index (χ0n) is 16.8. The summed E-state index contributed by atoms with van der Waals surface area (Å²) < 4.78 is 0. The van der Waals surface area contributed by atoms with Crippen LogP contribution in [0.2, 0.25) is 0 Å². The van der Waals surface area contributed by atoms with Crippen LogP contribution in [0.1, 0.15) is 34.8 Å². The summed E-state index contributed by atoms with van der Waals surface area (Å²) in [7, 11) is 0. The van der Waals surface area contributed by atoms with Gasteiger partial charge in [-0.2, -0.15) is 0 Å². The zero-order valence-corrected chi connectivity index (χ0v) is 16.8. The van der Waals surface area contributed by atoms with Gasteiger partial charge >= 0.3 is 6.03 Å². The Balaban J connectivity index is 1.48. The number of aryl methyl sites for hydroxylation is 1. The second kappa shape index (κ2) is 8.51. The van der Waals surface area contributed by atoms with Gasteiger partial charge in [0, 0.05) is 23.4 Å². The van der Waals surface area contributed by atoms with E-state index in [0.717, 1.165) is 35.2 Å². The Kier molecular flexibility index (Phi) is 5.63. The fourth-order valence-electron chi connectivity index (χ4n) is 3.85. The second-order valence-electron chi connectivity index (χ2n) is 7.63. The lowest BCUT2D eigenvalue weighted by Crippen LogP contribution is -2.24. The third-order valence-corrected chi connectivity index (χ3v) is 5.45. The Labute approximate surface area is 175 Å². The maximum Gasteiger partial charge on any atom is 0.323 e. The summed E-state index contributed by atoms with van der Waals surface area (Å²) in [6.45, 7) is 1.54. The van der Waals surface area contributed by atoms with Crippen LogP contribution in [0.4, 0.5) is 16.2 Å². The molecule has 0 saturated heterocycles. The molecule has 1 unspecified atom stereocenters. The summed E-state index contributed by atoms with van der Waals surface area (Å²) in [4.78, 5) is 24.1. The topological polar surface area (TPSA) is 78.4 Å². The van der Waals surface area contributed by atoms with E-state index in [1.165, 1.54) is 5.56 Å². The fourth-order valence-corrected chi connectivity index (χ4v) is 3.85. The monoisotopic (exact) mass is 400 g/mol. The van der Waals surface area contributed by atoms with Gasteiger partial charge in [0.1, 0.15) is 0 Å². The van der Waals surface area contributed by atoms with Crippen LogP contribution >= 0.6 is 0 Å². The van der Waals surface area contributed by atoms with Gasteiger partial charge in [-0.3, -0.25) is 4.79 Å². The highest BCUT2D eigenvalue weighted by Crippen LogP contribution is 2.28. The number of anilines is 2. The van der Waals surface area contributed by atoms with Crippen molar-refractivity contribution in [3.05, 3.63) is 83.4 Å². The van der Waals surface area contributed by atoms with E-state index in [1.54, 1.807) is 19.1 Å². The first-order valence-electron chi connectivity index (χ1n) is 10.1. The van der Waals surface area contributed by atoms with Gasteiger partial charge in [0.25, 0.3) is 0 Å². The molecule has 0 radical (unpaired) electrons. The SMILES string of the molecule is CC(=O)c1ccc(-c2cccc(NC(=O)Nc3cccc4c3CC(O)CC4)c2)cc1. The van der Waals surface area contributed by atoms with Crippen LogP contribution in [0.3, 0.4) is 0 Å². The van der Waals surface area contributed by atoms with Crippen LogP contribution in [0.25, 0.3) is 11.1 Å². The number of hydrogen-bond acceptors (Lipinski definition) is 3. The predicted octanol–water partition coefficient (Wildman–Crippen LogP) is 5.05. The van der Waals surface area contributed by atoms with E-state index in [4.69, 9.17) is 0 Å². The van der Waals surface area contributed by atoms with Gasteiger partial charge in [-0.05, 0) is 60.2 Å². The van der Waals surface area contributed by atoms with Crippen molar-refractivity contribution in [2.45, 2.75) is 32.3 Å². The number of Topliss-reactive ketones (excluding diaryl/α,β-unsaturated/α-hetero) is 1. The van der Waals surface area contributed by atoms with Gasteiger partial charge in [0.2, 0.25) is 0 Å². The molecule has 0 heterocycles. The highest BCUT2D eigenvalue weighted by Gasteiger charge is 2.20. The van der Waals surface area contributed by atoms with Crippen molar-refractivity contribution in [1.82, 2.24) is 0 Å². The molecule has 1 aliphatic carbocycles. The van der Waals surface area contributed by atoms with Crippen LogP contribution in [-0.4, -0.2) is 23.0 Å². The van der Waals surface area contributed by atoms with Gasteiger partial charge in [0.15, 0.2) is 5.78 Å². The number of carbonyl (C=O) groups excluding carboxylic acids is 2. The molecule has 152 valence electrons. The van der Waals surface area contributed by atoms with Crippen molar-refractivity contribution in [1.29, 1.82) is 0 Å². The van der Waals surface area contributed by atoms with Gasteiger partial charge in [-0.15, -0.1) is 0 Å². The van der Waals surface area contributed by atoms with Crippen LogP contribution in [0.5, 0.6) is 0 Å². The minimum atomic E-state index is -0.366. The van der Waals surface area contributed by atoms with E-state index in [1.807, 2.05) is 54.6 Å². The van der Waals surface area contributed by atoms with Gasteiger partial charge in [-0.25, -0.2) is 4.79 Å². The van der Waals surface area contributed by atoms with Crippen LogP contribution in [0.15, 0.2) is 66.7 Å². The van der Waals surface area contributed by atoms with Crippen molar-refractivity contribution >= 4 is 23.2 Å². The molecular formula is C25H24N2O3. The molecule has 5 nitrogen and oxygen atoms in total. The highest BCUT2D eigenvalue weighted by molar-refractivity contribution is 6.00. The molecule has 30 heavy (non-hydrogen) atoms. The first-order chi connectivity index (χ1) is 14.5. The summed E-state index contributed by atoms with van der Waals surface area (Å²) in [6, 6.07) is 20.5. The fraction of sp³-hybridized carbons (Fsp3) is 0.200. The lowest BCUT2D eigenvalue weighted by atomic mass is 9.88.